The third-order valence-electron chi connectivity index (χ3n) is 7.54. The third-order valence-corrected chi connectivity index (χ3v) is 16.5. The molecule has 2 heterocycles. The summed E-state index contributed by atoms with van der Waals surface area (Å²) in [7, 11) is -5.09. The molecule has 212 valence electrons. The van der Waals surface area contributed by atoms with Crippen LogP contribution in [0, 0.1) is 0 Å². The summed E-state index contributed by atoms with van der Waals surface area (Å²) in [5.74, 6) is -2.39. The molecule has 0 aromatic carbocycles. The van der Waals surface area contributed by atoms with Gasteiger partial charge in [0.2, 0.25) is 0 Å². The number of H-pyrrole nitrogens is 1. The molecule has 1 aromatic heterocycles. The van der Waals surface area contributed by atoms with Crippen LogP contribution in [-0.4, -0.2) is 63.3 Å². The molecule has 14 heteroatoms. The highest BCUT2D eigenvalue weighted by Crippen LogP contribution is 2.43. The van der Waals surface area contributed by atoms with Crippen LogP contribution < -0.4 is 11.2 Å². The van der Waals surface area contributed by atoms with Crippen LogP contribution in [0.3, 0.4) is 0 Å². The maximum Gasteiger partial charge on any atom is 0.490 e. The van der Waals surface area contributed by atoms with E-state index in [0.29, 0.717) is 0 Å². The van der Waals surface area contributed by atoms with Crippen LogP contribution in [0.1, 0.15) is 47.8 Å². The van der Waals surface area contributed by atoms with Crippen molar-refractivity contribution in [2.75, 3.05) is 6.61 Å². The van der Waals surface area contributed by atoms with Gasteiger partial charge >= 0.3 is 17.8 Å². The Hall–Kier alpha value is -1.75. The lowest BCUT2D eigenvalue weighted by Gasteiger charge is -2.40. The summed E-state index contributed by atoms with van der Waals surface area (Å²) in [5.41, 5.74) is -1.49. The first-order chi connectivity index (χ1) is 16.5. The molecule has 0 saturated carbocycles. The minimum atomic E-state index is -5.25. The molecule has 0 amide bonds. The van der Waals surface area contributed by atoms with Crippen molar-refractivity contribution >= 4 is 22.6 Å². The summed E-state index contributed by atoms with van der Waals surface area (Å²) in [6.45, 7) is 19.3. The Kier molecular flexibility index (Phi) is 8.87. The minimum Gasteiger partial charge on any atom is -0.450 e. The molecule has 1 fully saturated rings. The van der Waals surface area contributed by atoms with Gasteiger partial charge in [-0.25, -0.2) is 9.59 Å². The molecule has 1 aliphatic heterocycles. The highest BCUT2D eigenvalue weighted by atomic mass is 28.4. The first-order valence-electron chi connectivity index (χ1n) is 12.0. The summed E-state index contributed by atoms with van der Waals surface area (Å²) in [6.07, 6.45) is -9.33. The van der Waals surface area contributed by atoms with Crippen molar-refractivity contribution in [3.63, 3.8) is 0 Å². The summed E-state index contributed by atoms with van der Waals surface area (Å²) >= 11 is 0. The molecule has 4 atom stereocenters. The smallest absolute Gasteiger partial charge is 0.450 e. The van der Waals surface area contributed by atoms with Gasteiger partial charge in [0.25, 0.3) is 5.56 Å². The summed E-state index contributed by atoms with van der Waals surface area (Å²) in [4.78, 5) is 38.4. The molecule has 9 nitrogen and oxygen atoms in total. The SMILES string of the molecule is CC(C)(C)[Si](C)(C)OC[C@@H]1O[C@H](n2ccc(=O)[nH]c2=O)C(O[Si](C)(C)C(C)(C)C)C1OC(=O)C(F)(F)F. The fourth-order valence-corrected chi connectivity index (χ4v) is 5.47. The second-order valence-corrected chi connectivity index (χ2v) is 21.9. The van der Waals surface area contributed by atoms with Crippen LogP contribution in [0.15, 0.2) is 21.9 Å². The standard InChI is InChI=1S/C23H39F3N2O7Si2/c1-21(2,3)36(7,8)32-13-14-16(34-19(30)23(24,25)26)17(35-37(9,10)22(4,5)6)18(33-14)28-12-11-15(29)27-20(28)31/h11-12,14,16-18H,13H2,1-10H3,(H,27,29,31)/t14-,16?,17?,18-/m0/s1. The van der Waals surface area contributed by atoms with E-state index in [4.69, 9.17) is 18.3 Å². The zero-order valence-electron chi connectivity index (χ0n) is 23.1. The van der Waals surface area contributed by atoms with E-state index in [-0.39, 0.29) is 16.7 Å². The summed E-state index contributed by atoms with van der Waals surface area (Å²) in [6, 6.07) is 1.09. The molecule has 1 saturated heterocycles. The Morgan fingerprint density at radius 2 is 1.54 bits per heavy atom. The molecular weight excluding hydrogens is 529 g/mol. The Morgan fingerprint density at radius 3 is 2.00 bits per heavy atom. The largest absolute Gasteiger partial charge is 0.490 e. The van der Waals surface area contributed by atoms with E-state index in [0.717, 1.165) is 10.6 Å². The van der Waals surface area contributed by atoms with Gasteiger partial charge in [-0.1, -0.05) is 41.5 Å². The number of ether oxygens (including phenoxy) is 2. The van der Waals surface area contributed by atoms with Gasteiger partial charge in [0, 0.05) is 12.3 Å². The second kappa shape index (κ2) is 10.4. The van der Waals surface area contributed by atoms with E-state index in [2.05, 4.69) is 4.98 Å². The van der Waals surface area contributed by atoms with Crippen LogP contribution in [-0.2, 0) is 23.1 Å². The first-order valence-corrected chi connectivity index (χ1v) is 17.9. The average Bonchev–Trinajstić information content (AvgIpc) is 3.00. The van der Waals surface area contributed by atoms with Gasteiger partial charge in [-0.05, 0) is 36.3 Å². The van der Waals surface area contributed by atoms with E-state index in [1.54, 1.807) is 0 Å². The van der Waals surface area contributed by atoms with Crippen molar-refractivity contribution < 1.29 is 36.3 Å². The van der Waals surface area contributed by atoms with E-state index in [9.17, 15) is 27.6 Å². The van der Waals surface area contributed by atoms with E-state index in [1.807, 2.05) is 67.7 Å². The van der Waals surface area contributed by atoms with Crippen LogP contribution in [0.25, 0.3) is 0 Å². The van der Waals surface area contributed by atoms with Gasteiger partial charge in [0.05, 0.1) is 6.61 Å². The van der Waals surface area contributed by atoms with Gasteiger partial charge < -0.3 is 18.3 Å². The van der Waals surface area contributed by atoms with Crippen LogP contribution in [0.5, 0.6) is 0 Å². The van der Waals surface area contributed by atoms with E-state index < -0.39 is 64.6 Å². The number of rotatable bonds is 7. The molecule has 37 heavy (non-hydrogen) atoms. The van der Waals surface area contributed by atoms with Gasteiger partial charge in [0.1, 0.15) is 12.2 Å². The second-order valence-electron chi connectivity index (χ2n) is 12.4. The third kappa shape index (κ3) is 7.22. The van der Waals surface area contributed by atoms with Crippen molar-refractivity contribution in [1.29, 1.82) is 0 Å². The fourth-order valence-electron chi connectivity index (χ4n) is 3.18. The number of esters is 1. The van der Waals surface area contributed by atoms with Crippen LogP contribution in [0.2, 0.25) is 36.3 Å². The maximum absolute atomic E-state index is 13.3. The van der Waals surface area contributed by atoms with E-state index in [1.165, 1.54) is 6.20 Å². The van der Waals surface area contributed by atoms with Crippen molar-refractivity contribution in [2.24, 2.45) is 0 Å². The van der Waals surface area contributed by atoms with Gasteiger partial charge in [-0.15, -0.1) is 0 Å². The number of alkyl halides is 3. The minimum absolute atomic E-state index is 0.182. The molecule has 1 aromatic rings. The summed E-state index contributed by atoms with van der Waals surface area (Å²) in [5, 5.41) is -0.585. The van der Waals surface area contributed by atoms with Crippen LogP contribution in [0.4, 0.5) is 13.2 Å². The number of nitrogens with one attached hydrogen (secondary N) is 1. The average molecular weight is 569 g/mol. The zero-order valence-corrected chi connectivity index (χ0v) is 25.1. The predicted octanol–water partition coefficient (Wildman–Crippen LogP) is 4.32. The molecule has 0 radical (unpaired) electrons. The maximum atomic E-state index is 13.3. The molecule has 2 unspecified atom stereocenters. The molecule has 0 spiro atoms. The number of hydrogen-bond donors (Lipinski definition) is 1. The fraction of sp³-hybridized carbons (Fsp3) is 0.783. The number of nitrogens with zero attached hydrogens (tertiary/aromatic N) is 1. The first kappa shape index (κ1) is 31.5. The number of carbonyl (C=O) groups is 1. The quantitative estimate of drug-likeness (QED) is 0.385. The predicted molar refractivity (Wildman–Crippen MR) is 136 cm³/mol. The molecule has 1 aliphatic rings. The summed E-state index contributed by atoms with van der Waals surface area (Å²) < 4.78 is 64.6. The topological polar surface area (TPSA) is 109 Å². The monoisotopic (exact) mass is 568 g/mol. The molecule has 0 aliphatic carbocycles. The highest BCUT2D eigenvalue weighted by Gasteiger charge is 2.55. The van der Waals surface area contributed by atoms with Gasteiger partial charge in [-0.2, -0.15) is 13.2 Å². The number of hydrogen-bond acceptors (Lipinski definition) is 7. The molecule has 2 rings (SSSR count). The zero-order chi connectivity index (χ0) is 28.8. The lowest BCUT2D eigenvalue weighted by molar-refractivity contribution is -0.209. The number of carbonyl (C=O) groups excluding carboxylic acids is 1. The Morgan fingerprint density at radius 1 is 1.00 bits per heavy atom. The number of aromatic amines is 1. The number of halogens is 3. The van der Waals surface area contributed by atoms with Crippen molar-refractivity contribution in [3.05, 3.63) is 33.1 Å². The lowest BCUT2D eigenvalue weighted by Crippen LogP contribution is -2.52. The molecular formula is C23H39F3N2O7Si2. The Balaban J connectivity index is 2.60. The van der Waals surface area contributed by atoms with E-state index >= 15 is 0 Å². The van der Waals surface area contributed by atoms with Crippen molar-refractivity contribution in [3.8, 4) is 0 Å². The molecule has 0 bridgehead atoms. The highest BCUT2D eigenvalue weighted by molar-refractivity contribution is 6.74. The number of aromatic nitrogens is 2. The van der Waals surface area contributed by atoms with Crippen molar-refractivity contribution in [2.45, 2.75) is 109 Å². The Labute approximate surface area is 216 Å². The van der Waals surface area contributed by atoms with Crippen molar-refractivity contribution in [1.82, 2.24) is 9.55 Å². The molecule has 1 N–H and O–H groups in total. The lowest BCUT2D eigenvalue weighted by atomic mass is 10.1. The Bertz CT molecular complexity index is 1090. The van der Waals surface area contributed by atoms with Gasteiger partial charge in [-0.3, -0.25) is 14.3 Å². The van der Waals surface area contributed by atoms with Gasteiger partial charge in [0.15, 0.2) is 29.0 Å². The van der Waals surface area contributed by atoms with Crippen LogP contribution >= 0.6 is 0 Å². The normalized spacial score (nSPS) is 23.8.